The van der Waals surface area contributed by atoms with Crippen molar-refractivity contribution >= 4 is 11.6 Å². The van der Waals surface area contributed by atoms with Crippen LogP contribution in [0.3, 0.4) is 0 Å². The first-order valence-corrected chi connectivity index (χ1v) is 7.17. The predicted octanol–water partition coefficient (Wildman–Crippen LogP) is 1.69. The number of rotatable bonds is 6. The van der Waals surface area contributed by atoms with E-state index < -0.39 is 11.9 Å². The van der Waals surface area contributed by atoms with Crippen LogP contribution in [0.1, 0.15) is 19.3 Å². The van der Waals surface area contributed by atoms with Gasteiger partial charge in [0, 0.05) is 24.7 Å². The summed E-state index contributed by atoms with van der Waals surface area (Å²) in [5.74, 6) is -0.175. The van der Waals surface area contributed by atoms with Crippen LogP contribution >= 0.6 is 11.6 Å². The molecule has 6 heteroatoms. The molecule has 4 N–H and O–H groups in total. The van der Waals surface area contributed by atoms with E-state index in [9.17, 15) is 9.50 Å². The summed E-state index contributed by atoms with van der Waals surface area (Å²) in [6.45, 7) is 0.542. The summed E-state index contributed by atoms with van der Waals surface area (Å²) in [6.07, 6.45) is 2.35. The summed E-state index contributed by atoms with van der Waals surface area (Å²) in [5, 5.41) is 13.1. The van der Waals surface area contributed by atoms with Crippen molar-refractivity contribution in [2.45, 2.75) is 37.5 Å². The third-order valence-corrected chi connectivity index (χ3v) is 3.76. The Bertz CT molecular complexity index is 447. The standard InChI is InChI=1S/C14H20ClFN2O2/c15-13-4-3-12(6-14(13)16)20-8-11(19)7-18-10-2-1-9(17)5-10/h3-4,6,9-11,18-19H,1-2,5,7-8,17H2/t9?,10-,11-/m0/s1. The van der Waals surface area contributed by atoms with Gasteiger partial charge in [0.2, 0.25) is 0 Å². The maximum atomic E-state index is 13.2. The zero-order valence-corrected chi connectivity index (χ0v) is 11.9. The third-order valence-electron chi connectivity index (χ3n) is 3.45. The molecule has 4 nitrogen and oxygen atoms in total. The normalized spacial score (nSPS) is 23.8. The Hall–Kier alpha value is -0.880. The number of halogens is 2. The highest BCUT2D eigenvalue weighted by molar-refractivity contribution is 6.30. The van der Waals surface area contributed by atoms with Crippen LogP contribution in [0.25, 0.3) is 0 Å². The number of hydrogen-bond donors (Lipinski definition) is 3. The SMILES string of the molecule is NC1CC[C@H](NC[C@H](O)COc2ccc(Cl)c(F)c2)C1. The monoisotopic (exact) mass is 302 g/mol. The molecule has 0 amide bonds. The van der Waals surface area contributed by atoms with Gasteiger partial charge in [0.25, 0.3) is 0 Å². The van der Waals surface area contributed by atoms with E-state index in [1.165, 1.54) is 12.1 Å². The molecule has 1 aliphatic carbocycles. The molecule has 0 bridgehead atoms. The second kappa shape index (κ2) is 7.22. The maximum absolute atomic E-state index is 13.2. The molecule has 20 heavy (non-hydrogen) atoms. The van der Waals surface area contributed by atoms with Gasteiger partial charge in [-0.15, -0.1) is 0 Å². The fraction of sp³-hybridized carbons (Fsp3) is 0.571. The van der Waals surface area contributed by atoms with E-state index in [-0.39, 0.29) is 17.7 Å². The second-order valence-corrected chi connectivity index (χ2v) is 5.63. The summed E-state index contributed by atoms with van der Waals surface area (Å²) in [7, 11) is 0. The molecule has 1 unspecified atom stereocenters. The topological polar surface area (TPSA) is 67.5 Å². The third kappa shape index (κ3) is 4.59. The van der Waals surface area contributed by atoms with Crippen LogP contribution < -0.4 is 15.8 Å². The van der Waals surface area contributed by atoms with Crippen LogP contribution in [0, 0.1) is 5.82 Å². The zero-order chi connectivity index (χ0) is 14.5. The molecule has 0 aliphatic heterocycles. The van der Waals surface area contributed by atoms with Crippen molar-refractivity contribution in [3.8, 4) is 5.75 Å². The minimum atomic E-state index is -0.648. The summed E-state index contributed by atoms with van der Waals surface area (Å²) in [5.41, 5.74) is 5.82. The summed E-state index contributed by atoms with van der Waals surface area (Å²) >= 11 is 5.58. The van der Waals surface area contributed by atoms with Crippen LogP contribution in [-0.2, 0) is 0 Å². The molecule has 0 radical (unpaired) electrons. The lowest BCUT2D eigenvalue weighted by Crippen LogP contribution is -2.37. The highest BCUT2D eigenvalue weighted by Crippen LogP contribution is 2.20. The van der Waals surface area contributed by atoms with Gasteiger partial charge in [-0.1, -0.05) is 11.6 Å². The molecule has 3 atom stereocenters. The smallest absolute Gasteiger partial charge is 0.145 e. The van der Waals surface area contributed by atoms with Gasteiger partial charge in [0.1, 0.15) is 24.3 Å². The van der Waals surface area contributed by atoms with E-state index in [2.05, 4.69) is 5.32 Å². The van der Waals surface area contributed by atoms with Gasteiger partial charge in [-0.2, -0.15) is 0 Å². The Balaban J connectivity index is 1.69. The number of benzene rings is 1. The van der Waals surface area contributed by atoms with Crippen molar-refractivity contribution in [2.75, 3.05) is 13.2 Å². The van der Waals surface area contributed by atoms with Gasteiger partial charge >= 0.3 is 0 Å². The largest absolute Gasteiger partial charge is 0.491 e. The first-order valence-electron chi connectivity index (χ1n) is 6.79. The average molecular weight is 303 g/mol. The van der Waals surface area contributed by atoms with Crippen molar-refractivity contribution in [3.63, 3.8) is 0 Å². The first kappa shape index (κ1) is 15.5. The van der Waals surface area contributed by atoms with Crippen molar-refractivity contribution in [3.05, 3.63) is 29.0 Å². The molecule has 112 valence electrons. The lowest BCUT2D eigenvalue weighted by molar-refractivity contribution is 0.103. The van der Waals surface area contributed by atoms with Gasteiger partial charge < -0.3 is 20.9 Å². The van der Waals surface area contributed by atoms with E-state index >= 15 is 0 Å². The average Bonchev–Trinajstić information content (AvgIpc) is 2.83. The molecular weight excluding hydrogens is 283 g/mol. The van der Waals surface area contributed by atoms with E-state index in [4.69, 9.17) is 22.1 Å². The van der Waals surface area contributed by atoms with E-state index in [1.807, 2.05) is 0 Å². The lowest BCUT2D eigenvalue weighted by Gasteiger charge is -2.17. The molecule has 2 rings (SSSR count). The van der Waals surface area contributed by atoms with Crippen LogP contribution in [-0.4, -0.2) is 36.4 Å². The highest BCUT2D eigenvalue weighted by atomic mass is 35.5. The van der Waals surface area contributed by atoms with Crippen molar-refractivity contribution in [2.24, 2.45) is 5.73 Å². The molecule has 1 aromatic carbocycles. The fourth-order valence-electron chi connectivity index (χ4n) is 2.32. The quantitative estimate of drug-likeness (QED) is 0.748. The van der Waals surface area contributed by atoms with Crippen molar-refractivity contribution in [1.29, 1.82) is 0 Å². The molecule has 0 aromatic heterocycles. The van der Waals surface area contributed by atoms with Crippen LogP contribution in [0.5, 0.6) is 5.75 Å². The Labute approximate surface area is 123 Å². The number of nitrogens with two attached hydrogens (primary N) is 1. The van der Waals surface area contributed by atoms with Crippen LogP contribution in [0.4, 0.5) is 4.39 Å². The lowest BCUT2D eigenvalue weighted by atomic mass is 10.2. The number of aliphatic hydroxyl groups excluding tert-OH is 1. The maximum Gasteiger partial charge on any atom is 0.145 e. The number of hydrogen-bond acceptors (Lipinski definition) is 4. The Morgan fingerprint density at radius 3 is 2.95 bits per heavy atom. The molecule has 0 heterocycles. The van der Waals surface area contributed by atoms with Crippen molar-refractivity contribution < 1.29 is 14.2 Å². The van der Waals surface area contributed by atoms with Crippen LogP contribution in [0.15, 0.2) is 18.2 Å². The summed E-state index contributed by atoms with van der Waals surface area (Å²) < 4.78 is 18.5. The van der Waals surface area contributed by atoms with Gasteiger partial charge in [0.15, 0.2) is 0 Å². The Morgan fingerprint density at radius 1 is 1.50 bits per heavy atom. The number of nitrogens with one attached hydrogen (secondary N) is 1. The van der Waals surface area contributed by atoms with Gasteiger partial charge in [-0.25, -0.2) is 4.39 Å². The summed E-state index contributed by atoms with van der Waals surface area (Å²) in [4.78, 5) is 0. The van der Waals surface area contributed by atoms with Gasteiger partial charge in [-0.3, -0.25) is 0 Å². The molecular formula is C14H20ClFN2O2. The molecule has 1 saturated carbocycles. The fourth-order valence-corrected chi connectivity index (χ4v) is 2.44. The Morgan fingerprint density at radius 2 is 2.30 bits per heavy atom. The molecule has 0 saturated heterocycles. The predicted molar refractivity (Wildman–Crippen MR) is 76.5 cm³/mol. The van der Waals surface area contributed by atoms with E-state index in [0.29, 0.717) is 18.3 Å². The minimum absolute atomic E-state index is 0.0529. The first-order chi connectivity index (χ1) is 9.54. The van der Waals surface area contributed by atoms with E-state index in [0.717, 1.165) is 19.3 Å². The number of aliphatic hydroxyl groups is 1. The Kier molecular flexibility index (Phi) is 5.60. The minimum Gasteiger partial charge on any atom is -0.491 e. The summed E-state index contributed by atoms with van der Waals surface area (Å²) in [6, 6.07) is 4.84. The zero-order valence-electron chi connectivity index (χ0n) is 11.2. The van der Waals surface area contributed by atoms with Gasteiger partial charge in [-0.05, 0) is 31.4 Å². The van der Waals surface area contributed by atoms with Gasteiger partial charge in [0.05, 0.1) is 5.02 Å². The van der Waals surface area contributed by atoms with Crippen LogP contribution in [0.2, 0.25) is 5.02 Å². The molecule has 1 aromatic rings. The number of ether oxygens (including phenoxy) is 1. The molecule has 1 fully saturated rings. The second-order valence-electron chi connectivity index (χ2n) is 5.22. The highest BCUT2D eigenvalue weighted by Gasteiger charge is 2.21. The molecule has 0 spiro atoms. The van der Waals surface area contributed by atoms with E-state index in [1.54, 1.807) is 6.07 Å². The van der Waals surface area contributed by atoms with Crippen molar-refractivity contribution in [1.82, 2.24) is 5.32 Å². The molecule has 1 aliphatic rings.